The van der Waals surface area contributed by atoms with Crippen molar-refractivity contribution in [1.82, 2.24) is 15.1 Å². The van der Waals surface area contributed by atoms with Crippen LogP contribution in [0.15, 0.2) is 24.9 Å². The molecular weight excluding hydrogens is 246 g/mol. The van der Waals surface area contributed by atoms with Gasteiger partial charge < -0.3 is 5.32 Å². The summed E-state index contributed by atoms with van der Waals surface area (Å²) in [5.41, 5.74) is 1.27. The van der Waals surface area contributed by atoms with Crippen LogP contribution in [0.1, 0.15) is 58.2 Å². The molecule has 1 unspecified atom stereocenters. The van der Waals surface area contributed by atoms with E-state index in [1.54, 1.807) is 0 Å². The van der Waals surface area contributed by atoms with Crippen molar-refractivity contribution in [3.05, 3.63) is 30.6 Å². The largest absolute Gasteiger partial charge is 0.313 e. The van der Waals surface area contributed by atoms with Gasteiger partial charge in [-0.3, -0.25) is 4.68 Å². The van der Waals surface area contributed by atoms with Crippen molar-refractivity contribution in [3.63, 3.8) is 0 Å². The zero-order valence-corrected chi connectivity index (χ0v) is 13.2. The molecule has 1 fully saturated rings. The summed E-state index contributed by atoms with van der Waals surface area (Å²) in [5.74, 6) is 0. The summed E-state index contributed by atoms with van der Waals surface area (Å²) in [7, 11) is 0. The molecule has 2 rings (SSSR count). The van der Waals surface area contributed by atoms with E-state index >= 15 is 0 Å². The van der Waals surface area contributed by atoms with Crippen molar-refractivity contribution in [2.24, 2.45) is 5.41 Å². The minimum atomic E-state index is 0.0930. The number of hydrogen-bond acceptors (Lipinski definition) is 2. The van der Waals surface area contributed by atoms with Crippen LogP contribution in [-0.4, -0.2) is 22.4 Å². The van der Waals surface area contributed by atoms with E-state index in [4.69, 9.17) is 5.10 Å². The third kappa shape index (κ3) is 3.95. The Morgan fingerprint density at radius 1 is 1.50 bits per heavy atom. The zero-order chi connectivity index (χ0) is 14.6. The van der Waals surface area contributed by atoms with Crippen molar-refractivity contribution in [2.45, 2.75) is 65.0 Å². The molecule has 0 aliphatic heterocycles. The Morgan fingerprint density at radius 3 is 2.75 bits per heavy atom. The average Bonchev–Trinajstić information content (AvgIpc) is 3.18. The molecule has 1 saturated carbocycles. The molecular formula is C17H29N3. The van der Waals surface area contributed by atoms with Gasteiger partial charge in [-0.2, -0.15) is 5.10 Å². The van der Waals surface area contributed by atoms with Crippen molar-refractivity contribution in [2.75, 3.05) is 6.54 Å². The molecule has 0 bridgehead atoms. The summed E-state index contributed by atoms with van der Waals surface area (Å²) in [5, 5.41) is 8.38. The highest BCUT2D eigenvalue weighted by Crippen LogP contribution is 2.26. The molecule has 1 N–H and O–H groups in total. The van der Waals surface area contributed by atoms with Gasteiger partial charge in [-0.25, -0.2) is 0 Å². The van der Waals surface area contributed by atoms with E-state index in [9.17, 15) is 0 Å². The normalized spacial score (nSPS) is 18.2. The summed E-state index contributed by atoms with van der Waals surface area (Å²) < 4.78 is 2.13. The lowest BCUT2D eigenvalue weighted by Crippen LogP contribution is -2.33. The third-order valence-corrected chi connectivity index (χ3v) is 4.43. The van der Waals surface area contributed by atoms with Crippen molar-refractivity contribution < 1.29 is 0 Å². The topological polar surface area (TPSA) is 29.9 Å². The highest BCUT2D eigenvalue weighted by atomic mass is 15.3. The quantitative estimate of drug-likeness (QED) is 0.696. The Labute approximate surface area is 123 Å². The fourth-order valence-corrected chi connectivity index (χ4v) is 2.62. The molecule has 0 saturated heterocycles. The van der Waals surface area contributed by atoms with E-state index in [0.29, 0.717) is 6.04 Å². The maximum absolute atomic E-state index is 4.77. The summed E-state index contributed by atoms with van der Waals surface area (Å²) in [6.07, 6.45) is 10.1. The van der Waals surface area contributed by atoms with Gasteiger partial charge in [-0.1, -0.05) is 26.8 Å². The van der Waals surface area contributed by atoms with Crippen LogP contribution in [0.25, 0.3) is 0 Å². The Hall–Kier alpha value is -1.09. The van der Waals surface area contributed by atoms with Gasteiger partial charge >= 0.3 is 0 Å². The standard InChI is InChI=1S/C17H29N3/c1-5-16(6-2)20-11-10-15(19-20)12-17(4,7-3)13-18-14-8-9-14/h7,10-11,14,16,18H,3,5-6,8-9,12-13H2,1-2,4H3. The van der Waals surface area contributed by atoms with E-state index in [2.05, 4.69) is 55.7 Å². The molecule has 0 aromatic carbocycles. The number of aromatic nitrogens is 2. The zero-order valence-electron chi connectivity index (χ0n) is 13.2. The number of nitrogens with one attached hydrogen (secondary N) is 1. The molecule has 1 atom stereocenters. The van der Waals surface area contributed by atoms with Crippen molar-refractivity contribution in [1.29, 1.82) is 0 Å². The highest BCUT2D eigenvalue weighted by molar-refractivity contribution is 5.08. The van der Waals surface area contributed by atoms with Gasteiger partial charge in [0.2, 0.25) is 0 Å². The van der Waals surface area contributed by atoms with E-state index in [1.165, 1.54) is 18.5 Å². The van der Waals surface area contributed by atoms with Crippen LogP contribution in [0.3, 0.4) is 0 Å². The second kappa shape index (κ2) is 6.57. The SMILES string of the molecule is C=CC(C)(CNC1CC1)Cc1ccn(C(CC)CC)n1. The first-order valence-electron chi connectivity index (χ1n) is 8.01. The van der Waals surface area contributed by atoms with Gasteiger partial charge in [0.1, 0.15) is 0 Å². The van der Waals surface area contributed by atoms with E-state index in [0.717, 1.165) is 31.8 Å². The van der Waals surface area contributed by atoms with Crippen LogP contribution in [0.2, 0.25) is 0 Å². The van der Waals surface area contributed by atoms with Crippen molar-refractivity contribution >= 4 is 0 Å². The maximum atomic E-state index is 4.77. The summed E-state index contributed by atoms with van der Waals surface area (Å²) in [6.45, 7) is 11.7. The molecule has 3 heteroatoms. The van der Waals surface area contributed by atoms with E-state index in [1.807, 2.05) is 0 Å². The van der Waals surface area contributed by atoms with Gasteiger partial charge in [0.15, 0.2) is 0 Å². The smallest absolute Gasteiger partial charge is 0.0633 e. The van der Waals surface area contributed by atoms with Crippen LogP contribution in [-0.2, 0) is 6.42 Å². The van der Waals surface area contributed by atoms with Gasteiger partial charge in [0.05, 0.1) is 11.7 Å². The predicted molar refractivity (Wildman–Crippen MR) is 84.9 cm³/mol. The van der Waals surface area contributed by atoms with Gasteiger partial charge in [-0.15, -0.1) is 6.58 Å². The molecule has 0 spiro atoms. The minimum Gasteiger partial charge on any atom is -0.313 e. The molecule has 1 heterocycles. The van der Waals surface area contributed by atoms with Crippen LogP contribution >= 0.6 is 0 Å². The minimum absolute atomic E-state index is 0.0930. The molecule has 1 aliphatic carbocycles. The van der Waals surface area contributed by atoms with E-state index in [-0.39, 0.29) is 5.41 Å². The monoisotopic (exact) mass is 275 g/mol. The van der Waals surface area contributed by atoms with Crippen LogP contribution in [0.4, 0.5) is 0 Å². The first kappa shape index (κ1) is 15.3. The molecule has 1 aliphatic rings. The summed E-state index contributed by atoms with van der Waals surface area (Å²) >= 11 is 0. The Bertz CT molecular complexity index is 429. The molecule has 1 aromatic rings. The summed E-state index contributed by atoms with van der Waals surface area (Å²) in [4.78, 5) is 0. The Morgan fingerprint density at radius 2 is 2.20 bits per heavy atom. The fraction of sp³-hybridized carbons (Fsp3) is 0.706. The lowest BCUT2D eigenvalue weighted by Gasteiger charge is -2.25. The second-order valence-corrected chi connectivity index (χ2v) is 6.45. The number of hydrogen-bond donors (Lipinski definition) is 1. The molecule has 20 heavy (non-hydrogen) atoms. The Kier molecular flexibility index (Phi) is 5.03. The second-order valence-electron chi connectivity index (χ2n) is 6.45. The lowest BCUT2D eigenvalue weighted by molar-refractivity contribution is 0.376. The van der Waals surface area contributed by atoms with Crippen LogP contribution in [0.5, 0.6) is 0 Å². The van der Waals surface area contributed by atoms with Gasteiger partial charge in [0, 0.05) is 30.6 Å². The summed E-state index contributed by atoms with van der Waals surface area (Å²) in [6, 6.07) is 3.44. The van der Waals surface area contributed by atoms with E-state index < -0.39 is 0 Å². The molecule has 1 aromatic heterocycles. The average molecular weight is 275 g/mol. The number of nitrogens with zero attached hydrogens (tertiary/aromatic N) is 2. The van der Waals surface area contributed by atoms with Gasteiger partial charge in [-0.05, 0) is 31.7 Å². The molecule has 0 radical (unpaired) electrons. The van der Waals surface area contributed by atoms with Gasteiger partial charge in [0.25, 0.3) is 0 Å². The molecule has 3 nitrogen and oxygen atoms in total. The maximum Gasteiger partial charge on any atom is 0.0633 e. The third-order valence-electron chi connectivity index (χ3n) is 4.43. The first-order valence-corrected chi connectivity index (χ1v) is 8.01. The van der Waals surface area contributed by atoms with Crippen LogP contribution < -0.4 is 5.32 Å². The lowest BCUT2D eigenvalue weighted by atomic mass is 9.85. The predicted octanol–water partition coefficient (Wildman–Crippen LogP) is 3.73. The molecule has 0 amide bonds. The van der Waals surface area contributed by atoms with Crippen molar-refractivity contribution in [3.8, 4) is 0 Å². The number of rotatable bonds is 9. The highest BCUT2D eigenvalue weighted by Gasteiger charge is 2.27. The van der Waals surface area contributed by atoms with Crippen LogP contribution in [0, 0.1) is 5.41 Å². The fourth-order valence-electron chi connectivity index (χ4n) is 2.62. The Balaban J connectivity index is 1.97. The first-order chi connectivity index (χ1) is 9.60. The molecule has 112 valence electrons.